The fraction of sp³-hybridized carbons (Fsp3) is 0.750. The van der Waals surface area contributed by atoms with Gasteiger partial charge in [-0.05, 0) is 33.9 Å². The zero-order valence-corrected chi connectivity index (χ0v) is 13.5. The summed E-state index contributed by atoms with van der Waals surface area (Å²) in [6.07, 6.45) is 3.79. The van der Waals surface area contributed by atoms with Crippen molar-refractivity contribution in [1.29, 1.82) is 0 Å². The maximum absolute atomic E-state index is 13.2. The lowest BCUT2D eigenvalue weighted by Gasteiger charge is -2.38. The number of ketones is 1. The first-order valence-corrected chi connectivity index (χ1v) is 7.97. The van der Waals surface area contributed by atoms with E-state index >= 15 is 0 Å². The van der Waals surface area contributed by atoms with Crippen molar-refractivity contribution >= 4 is 5.78 Å². The van der Waals surface area contributed by atoms with Crippen LogP contribution in [0.4, 0.5) is 0 Å². The lowest BCUT2D eigenvalue weighted by Crippen LogP contribution is -2.46. The Hall–Kier alpha value is -1.20. The summed E-state index contributed by atoms with van der Waals surface area (Å²) in [6.45, 7) is 7.23. The topological polar surface area (TPSA) is 41.4 Å². The van der Waals surface area contributed by atoms with Crippen molar-refractivity contribution in [3.63, 3.8) is 0 Å². The predicted molar refractivity (Wildman–Crippen MR) is 82.1 cm³/mol. The van der Waals surface area contributed by atoms with Crippen molar-refractivity contribution in [3.8, 4) is 0 Å². The number of hydrogen-bond acceptors (Lipinski definition) is 4. The van der Waals surface area contributed by atoms with Crippen LogP contribution < -0.4 is 0 Å². The Kier molecular flexibility index (Phi) is 3.88. The van der Waals surface area contributed by atoms with E-state index in [-0.39, 0.29) is 12.0 Å². The molecule has 0 aromatic carbocycles. The summed E-state index contributed by atoms with van der Waals surface area (Å²) in [5, 5.41) is 0. The quantitative estimate of drug-likeness (QED) is 0.840. The first kappa shape index (κ1) is 14.7. The van der Waals surface area contributed by atoms with Crippen molar-refractivity contribution in [3.05, 3.63) is 17.7 Å². The standard InChI is InChI=1S/C16H26N4O/c1-11(2)20-8-6-13-14(19(4)10-17-13)15(20)16(21)12-5-7-18(3)9-12/h10-12,15H,5-9H2,1-4H3. The summed E-state index contributed by atoms with van der Waals surface area (Å²) < 4.78 is 2.05. The second-order valence-corrected chi connectivity index (χ2v) is 6.82. The zero-order valence-electron chi connectivity index (χ0n) is 13.5. The molecule has 0 aliphatic carbocycles. The van der Waals surface area contributed by atoms with Crippen LogP contribution in [0.2, 0.25) is 0 Å². The Balaban J connectivity index is 1.95. The SMILES string of the molecule is CC(C)N1CCc2ncn(C)c2C1C(=O)C1CCN(C)C1. The lowest BCUT2D eigenvalue weighted by molar-refractivity contribution is -0.129. The van der Waals surface area contributed by atoms with Gasteiger partial charge in [0.1, 0.15) is 6.04 Å². The van der Waals surface area contributed by atoms with E-state index < -0.39 is 0 Å². The largest absolute Gasteiger partial charge is 0.336 e. The number of rotatable bonds is 3. The lowest BCUT2D eigenvalue weighted by atomic mass is 9.89. The molecular formula is C16H26N4O. The first-order valence-electron chi connectivity index (χ1n) is 7.97. The Bertz CT molecular complexity index is 536. The number of aromatic nitrogens is 2. The highest BCUT2D eigenvalue weighted by Gasteiger charge is 2.41. The molecule has 2 atom stereocenters. The number of imidazole rings is 1. The molecule has 0 bridgehead atoms. The van der Waals surface area contributed by atoms with Gasteiger partial charge >= 0.3 is 0 Å². The van der Waals surface area contributed by atoms with E-state index in [1.165, 1.54) is 0 Å². The molecule has 0 saturated carbocycles. The van der Waals surface area contributed by atoms with Gasteiger partial charge in [-0.3, -0.25) is 9.69 Å². The second kappa shape index (κ2) is 5.54. The Labute approximate surface area is 126 Å². The van der Waals surface area contributed by atoms with Crippen LogP contribution >= 0.6 is 0 Å². The molecule has 1 fully saturated rings. The fourth-order valence-electron chi connectivity index (χ4n) is 3.80. The summed E-state index contributed by atoms with van der Waals surface area (Å²) in [5.74, 6) is 0.555. The van der Waals surface area contributed by atoms with Crippen molar-refractivity contribution < 1.29 is 4.79 Å². The van der Waals surface area contributed by atoms with Crippen molar-refractivity contribution in [1.82, 2.24) is 19.4 Å². The molecule has 0 N–H and O–H groups in total. The van der Waals surface area contributed by atoms with Gasteiger partial charge in [0, 0.05) is 38.5 Å². The van der Waals surface area contributed by atoms with Crippen LogP contribution in [0.15, 0.2) is 6.33 Å². The van der Waals surface area contributed by atoms with E-state index in [0.717, 1.165) is 43.9 Å². The van der Waals surface area contributed by atoms with E-state index in [0.29, 0.717) is 11.8 Å². The molecule has 0 amide bonds. The van der Waals surface area contributed by atoms with Gasteiger partial charge in [0.25, 0.3) is 0 Å². The molecule has 116 valence electrons. The molecule has 1 aromatic heterocycles. The molecule has 0 radical (unpaired) electrons. The van der Waals surface area contributed by atoms with E-state index in [4.69, 9.17) is 0 Å². The van der Waals surface area contributed by atoms with E-state index in [9.17, 15) is 4.79 Å². The van der Waals surface area contributed by atoms with Crippen molar-refractivity contribution in [2.45, 2.75) is 38.8 Å². The normalized spacial score (nSPS) is 27.3. The van der Waals surface area contributed by atoms with E-state index in [1.807, 2.05) is 17.9 Å². The third-order valence-electron chi connectivity index (χ3n) is 4.99. The number of Topliss-reactive ketones (excluding diaryl/α,β-unsaturated/α-hetero) is 1. The van der Waals surface area contributed by atoms with Crippen LogP contribution in [-0.2, 0) is 18.3 Å². The minimum Gasteiger partial charge on any atom is -0.336 e. The predicted octanol–water partition coefficient (Wildman–Crippen LogP) is 1.25. The summed E-state index contributed by atoms with van der Waals surface area (Å²) in [6, 6.07) is 0.263. The van der Waals surface area contributed by atoms with Gasteiger partial charge in [-0.2, -0.15) is 0 Å². The van der Waals surface area contributed by atoms with Gasteiger partial charge in [0.2, 0.25) is 0 Å². The molecule has 2 aliphatic heterocycles. The minimum absolute atomic E-state index is 0.113. The number of aryl methyl sites for hydroxylation is 1. The average Bonchev–Trinajstić information content (AvgIpc) is 3.04. The summed E-state index contributed by atoms with van der Waals surface area (Å²) in [7, 11) is 4.11. The molecule has 3 heterocycles. The number of carbonyl (C=O) groups excluding carboxylic acids is 1. The van der Waals surface area contributed by atoms with Crippen molar-refractivity contribution in [2.24, 2.45) is 13.0 Å². The zero-order chi connectivity index (χ0) is 15.1. The number of carbonyl (C=O) groups is 1. The van der Waals surface area contributed by atoms with Crippen molar-refractivity contribution in [2.75, 3.05) is 26.7 Å². The molecule has 2 unspecified atom stereocenters. The maximum atomic E-state index is 13.2. The molecular weight excluding hydrogens is 264 g/mol. The highest BCUT2D eigenvalue weighted by atomic mass is 16.1. The van der Waals surface area contributed by atoms with Crippen LogP contribution in [0.25, 0.3) is 0 Å². The van der Waals surface area contributed by atoms with E-state index in [1.54, 1.807) is 0 Å². The number of hydrogen-bond donors (Lipinski definition) is 0. The minimum atomic E-state index is -0.113. The Morgan fingerprint density at radius 3 is 2.71 bits per heavy atom. The second-order valence-electron chi connectivity index (χ2n) is 6.82. The van der Waals surface area contributed by atoms with Gasteiger partial charge in [-0.1, -0.05) is 0 Å². The maximum Gasteiger partial charge on any atom is 0.160 e. The monoisotopic (exact) mass is 290 g/mol. The van der Waals surface area contributed by atoms with Gasteiger partial charge in [0.15, 0.2) is 5.78 Å². The molecule has 21 heavy (non-hydrogen) atoms. The van der Waals surface area contributed by atoms with Gasteiger partial charge in [-0.15, -0.1) is 0 Å². The number of likely N-dealkylation sites (tertiary alicyclic amines) is 1. The molecule has 1 aromatic rings. The fourth-order valence-corrected chi connectivity index (χ4v) is 3.80. The molecule has 1 saturated heterocycles. The van der Waals surface area contributed by atoms with Gasteiger partial charge in [-0.25, -0.2) is 4.98 Å². The third-order valence-corrected chi connectivity index (χ3v) is 4.99. The Morgan fingerprint density at radius 2 is 2.10 bits per heavy atom. The molecule has 5 nitrogen and oxygen atoms in total. The summed E-state index contributed by atoms with van der Waals surface area (Å²) in [5.41, 5.74) is 2.23. The van der Waals surface area contributed by atoms with Crippen LogP contribution in [0, 0.1) is 5.92 Å². The number of fused-ring (bicyclic) bond motifs is 1. The van der Waals surface area contributed by atoms with E-state index in [2.05, 4.69) is 35.7 Å². The third kappa shape index (κ3) is 2.53. The molecule has 5 heteroatoms. The summed E-state index contributed by atoms with van der Waals surface area (Å²) >= 11 is 0. The van der Waals surface area contributed by atoms with Crippen LogP contribution in [-0.4, -0.2) is 57.9 Å². The molecule has 0 spiro atoms. The highest BCUT2D eigenvalue weighted by Crippen LogP contribution is 2.34. The van der Waals surface area contributed by atoms with Crippen LogP contribution in [0.3, 0.4) is 0 Å². The molecule has 3 rings (SSSR count). The number of nitrogens with zero attached hydrogens (tertiary/aromatic N) is 4. The van der Waals surface area contributed by atoms with Gasteiger partial charge in [0.05, 0.1) is 17.7 Å². The van der Waals surface area contributed by atoms with Crippen LogP contribution in [0.1, 0.15) is 37.7 Å². The first-order chi connectivity index (χ1) is 9.99. The smallest absolute Gasteiger partial charge is 0.160 e. The van der Waals surface area contributed by atoms with Crippen LogP contribution in [0.5, 0.6) is 0 Å². The Morgan fingerprint density at radius 1 is 1.33 bits per heavy atom. The highest BCUT2D eigenvalue weighted by molar-refractivity contribution is 5.88. The van der Waals surface area contributed by atoms with Gasteiger partial charge < -0.3 is 9.47 Å². The summed E-state index contributed by atoms with van der Waals surface area (Å²) in [4.78, 5) is 22.3. The average molecular weight is 290 g/mol. The molecule has 2 aliphatic rings.